The summed E-state index contributed by atoms with van der Waals surface area (Å²) in [7, 11) is 0. The second-order valence-electron chi connectivity index (χ2n) is 4.17. The molecule has 0 aliphatic carbocycles. The zero-order chi connectivity index (χ0) is 13.7. The third kappa shape index (κ3) is 3.35. The molecule has 1 heterocycles. The molecule has 1 aliphatic rings. The average Bonchev–Trinajstić information content (AvgIpc) is 2.76. The normalized spacial score (nSPS) is 20.3. The Morgan fingerprint density at radius 1 is 1.50 bits per heavy atom. The molecular formula is C11H19N3O4. The molecule has 1 aliphatic heterocycles. The van der Waals surface area contributed by atoms with Gasteiger partial charge < -0.3 is 20.7 Å². The topological polar surface area (TPSA) is 102 Å². The second kappa shape index (κ2) is 6.23. The van der Waals surface area contributed by atoms with Gasteiger partial charge in [-0.2, -0.15) is 0 Å². The Balaban J connectivity index is 2.66. The molecule has 102 valence electrons. The molecule has 1 fully saturated rings. The molecule has 1 saturated heterocycles. The average molecular weight is 257 g/mol. The molecule has 7 heteroatoms. The first-order valence-corrected chi connectivity index (χ1v) is 6.00. The number of likely N-dealkylation sites (tertiary alicyclic amines) is 1. The third-order valence-corrected chi connectivity index (χ3v) is 2.82. The van der Waals surface area contributed by atoms with Gasteiger partial charge in [-0.1, -0.05) is 0 Å². The van der Waals surface area contributed by atoms with Crippen molar-refractivity contribution in [1.82, 2.24) is 10.2 Å². The number of rotatable bonds is 4. The molecule has 0 saturated carbocycles. The predicted molar refractivity (Wildman–Crippen MR) is 63.5 cm³/mol. The van der Waals surface area contributed by atoms with Gasteiger partial charge in [-0.3, -0.25) is 4.79 Å². The molecule has 3 amide bonds. The highest BCUT2D eigenvalue weighted by Gasteiger charge is 2.36. The highest BCUT2D eigenvalue weighted by atomic mass is 16.5. The minimum Gasteiger partial charge on any atom is -0.464 e. The summed E-state index contributed by atoms with van der Waals surface area (Å²) in [5.74, 6) is -0.709. The molecule has 18 heavy (non-hydrogen) atoms. The van der Waals surface area contributed by atoms with Crippen LogP contribution >= 0.6 is 0 Å². The summed E-state index contributed by atoms with van der Waals surface area (Å²) >= 11 is 0. The maximum atomic E-state index is 12.0. The van der Waals surface area contributed by atoms with E-state index >= 15 is 0 Å². The van der Waals surface area contributed by atoms with Crippen LogP contribution in [0.5, 0.6) is 0 Å². The molecule has 2 unspecified atom stereocenters. The number of urea groups is 1. The fourth-order valence-corrected chi connectivity index (χ4v) is 2.04. The van der Waals surface area contributed by atoms with Crippen LogP contribution in [0.1, 0.15) is 26.7 Å². The number of nitrogens with one attached hydrogen (secondary N) is 1. The molecule has 0 radical (unpaired) electrons. The van der Waals surface area contributed by atoms with E-state index in [1.807, 2.05) is 0 Å². The SMILES string of the molecule is CCOC(=O)C1CCCN1C(=O)C(C)NC(N)=O. The van der Waals surface area contributed by atoms with Gasteiger partial charge in [0.2, 0.25) is 5.91 Å². The van der Waals surface area contributed by atoms with E-state index < -0.39 is 24.1 Å². The Morgan fingerprint density at radius 2 is 2.17 bits per heavy atom. The maximum Gasteiger partial charge on any atom is 0.328 e. The number of esters is 1. The predicted octanol–water partition coefficient (Wildman–Crippen LogP) is -0.403. The van der Waals surface area contributed by atoms with E-state index in [1.165, 1.54) is 11.8 Å². The lowest BCUT2D eigenvalue weighted by Gasteiger charge is -2.26. The summed E-state index contributed by atoms with van der Waals surface area (Å²) in [6.07, 6.45) is 1.34. The zero-order valence-electron chi connectivity index (χ0n) is 10.6. The number of hydrogen-bond acceptors (Lipinski definition) is 4. The Bertz CT molecular complexity index is 345. The monoisotopic (exact) mass is 257 g/mol. The van der Waals surface area contributed by atoms with E-state index in [1.54, 1.807) is 6.92 Å². The standard InChI is InChI=1S/C11H19N3O4/c1-3-18-10(16)8-5-4-6-14(8)9(15)7(2)13-11(12)17/h7-8H,3-6H2,1-2H3,(H3,12,13,17). The van der Waals surface area contributed by atoms with Crippen LogP contribution in [0.2, 0.25) is 0 Å². The molecule has 1 rings (SSSR count). The van der Waals surface area contributed by atoms with Crippen molar-refractivity contribution in [3.8, 4) is 0 Å². The van der Waals surface area contributed by atoms with Gasteiger partial charge >= 0.3 is 12.0 Å². The minimum absolute atomic E-state index is 0.284. The molecule has 0 aromatic rings. The van der Waals surface area contributed by atoms with E-state index in [0.29, 0.717) is 13.0 Å². The lowest BCUT2D eigenvalue weighted by molar-refractivity contribution is -0.153. The van der Waals surface area contributed by atoms with Crippen molar-refractivity contribution in [3.63, 3.8) is 0 Å². The summed E-state index contributed by atoms with van der Waals surface area (Å²) in [4.78, 5) is 35.9. The van der Waals surface area contributed by atoms with Crippen LogP contribution in [-0.2, 0) is 14.3 Å². The number of primary amides is 1. The van der Waals surface area contributed by atoms with E-state index in [-0.39, 0.29) is 12.5 Å². The smallest absolute Gasteiger partial charge is 0.328 e. The van der Waals surface area contributed by atoms with E-state index in [9.17, 15) is 14.4 Å². The number of nitrogens with zero attached hydrogens (tertiary/aromatic N) is 1. The van der Waals surface area contributed by atoms with E-state index in [4.69, 9.17) is 10.5 Å². The lowest BCUT2D eigenvalue weighted by Crippen LogP contribution is -2.51. The van der Waals surface area contributed by atoms with Gasteiger partial charge in [0.1, 0.15) is 12.1 Å². The number of carbonyl (C=O) groups excluding carboxylic acids is 3. The molecule has 0 bridgehead atoms. The van der Waals surface area contributed by atoms with Gasteiger partial charge in [-0.15, -0.1) is 0 Å². The Morgan fingerprint density at radius 3 is 2.72 bits per heavy atom. The quantitative estimate of drug-likeness (QED) is 0.669. The largest absolute Gasteiger partial charge is 0.464 e. The number of hydrogen-bond donors (Lipinski definition) is 2. The van der Waals surface area contributed by atoms with Crippen molar-refractivity contribution < 1.29 is 19.1 Å². The summed E-state index contributed by atoms with van der Waals surface area (Å²) < 4.78 is 4.92. The fourth-order valence-electron chi connectivity index (χ4n) is 2.04. The number of ether oxygens (including phenoxy) is 1. The first-order valence-electron chi connectivity index (χ1n) is 6.00. The Labute approximate surface area is 106 Å². The van der Waals surface area contributed by atoms with Gasteiger partial charge in [-0.25, -0.2) is 9.59 Å². The number of nitrogens with two attached hydrogens (primary N) is 1. The molecular weight excluding hydrogens is 238 g/mol. The van der Waals surface area contributed by atoms with Crippen molar-refractivity contribution in [2.24, 2.45) is 5.73 Å². The van der Waals surface area contributed by atoms with Crippen LogP contribution in [0.15, 0.2) is 0 Å². The molecule has 0 spiro atoms. The van der Waals surface area contributed by atoms with Crippen LogP contribution in [-0.4, -0.2) is 48.0 Å². The number of carbonyl (C=O) groups is 3. The lowest BCUT2D eigenvalue weighted by atomic mass is 10.2. The molecule has 3 N–H and O–H groups in total. The first kappa shape index (κ1) is 14.3. The van der Waals surface area contributed by atoms with Crippen molar-refractivity contribution in [1.29, 1.82) is 0 Å². The Hall–Kier alpha value is -1.79. The third-order valence-electron chi connectivity index (χ3n) is 2.82. The van der Waals surface area contributed by atoms with Crippen molar-refractivity contribution in [3.05, 3.63) is 0 Å². The fraction of sp³-hybridized carbons (Fsp3) is 0.727. The summed E-state index contributed by atoms with van der Waals surface area (Å²) in [6.45, 7) is 4.03. The van der Waals surface area contributed by atoms with Gasteiger partial charge in [-0.05, 0) is 26.7 Å². The van der Waals surface area contributed by atoms with Crippen LogP contribution in [0, 0.1) is 0 Å². The molecule has 0 aromatic carbocycles. The summed E-state index contributed by atoms with van der Waals surface area (Å²) in [5, 5.41) is 2.31. The van der Waals surface area contributed by atoms with Crippen LogP contribution < -0.4 is 11.1 Å². The second-order valence-corrected chi connectivity index (χ2v) is 4.17. The maximum absolute atomic E-state index is 12.0. The molecule has 0 aromatic heterocycles. The van der Waals surface area contributed by atoms with Crippen molar-refractivity contribution >= 4 is 17.9 Å². The zero-order valence-corrected chi connectivity index (χ0v) is 10.6. The van der Waals surface area contributed by atoms with Crippen molar-refractivity contribution in [2.75, 3.05) is 13.2 Å². The summed E-state index contributed by atoms with van der Waals surface area (Å²) in [6, 6.07) is -2.05. The van der Waals surface area contributed by atoms with Gasteiger partial charge in [0.15, 0.2) is 0 Å². The van der Waals surface area contributed by atoms with E-state index in [0.717, 1.165) is 6.42 Å². The van der Waals surface area contributed by atoms with Crippen molar-refractivity contribution in [2.45, 2.75) is 38.8 Å². The summed E-state index contributed by atoms with van der Waals surface area (Å²) in [5.41, 5.74) is 4.96. The number of amides is 3. The van der Waals surface area contributed by atoms with Gasteiger partial charge in [0.05, 0.1) is 6.61 Å². The highest BCUT2D eigenvalue weighted by Crippen LogP contribution is 2.19. The Kier molecular flexibility index (Phi) is 4.94. The van der Waals surface area contributed by atoms with Crippen LogP contribution in [0.4, 0.5) is 4.79 Å². The van der Waals surface area contributed by atoms with E-state index in [2.05, 4.69) is 5.32 Å². The van der Waals surface area contributed by atoms with Gasteiger partial charge in [0, 0.05) is 6.54 Å². The first-order chi connectivity index (χ1) is 8.47. The van der Waals surface area contributed by atoms with Gasteiger partial charge in [0.25, 0.3) is 0 Å². The van der Waals surface area contributed by atoms with Crippen LogP contribution in [0.25, 0.3) is 0 Å². The highest BCUT2D eigenvalue weighted by molar-refractivity contribution is 5.90. The van der Waals surface area contributed by atoms with Crippen LogP contribution in [0.3, 0.4) is 0 Å². The molecule has 7 nitrogen and oxygen atoms in total. The molecule has 2 atom stereocenters. The minimum atomic E-state index is -0.761.